The molecule has 1 fully saturated rings. The summed E-state index contributed by atoms with van der Waals surface area (Å²) in [4.78, 5) is 11.6. The van der Waals surface area contributed by atoms with Gasteiger partial charge in [-0.2, -0.15) is 0 Å². The minimum atomic E-state index is -3.64. The van der Waals surface area contributed by atoms with Gasteiger partial charge < -0.3 is 10.0 Å². The van der Waals surface area contributed by atoms with Crippen molar-refractivity contribution in [3.63, 3.8) is 0 Å². The Labute approximate surface area is 75.7 Å². The molecule has 1 aliphatic rings. The van der Waals surface area contributed by atoms with E-state index in [-0.39, 0.29) is 6.04 Å². The van der Waals surface area contributed by atoms with Crippen molar-refractivity contribution >= 4 is 16.1 Å². The summed E-state index contributed by atoms with van der Waals surface area (Å²) in [5, 5.41) is 14.1. The first-order valence-electron chi connectivity index (χ1n) is 3.61. The summed E-state index contributed by atoms with van der Waals surface area (Å²) in [6.45, 7) is 0.439. The average molecular weight is 206 g/mol. The van der Waals surface area contributed by atoms with E-state index >= 15 is 0 Å². The Bertz CT molecular complexity index is 335. The van der Waals surface area contributed by atoms with Crippen molar-refractivity contribution in [2.75, 3.05) is 6.54 Å². The number of nitrogens with two attached hydrogens (primary N) is 1. The van der Waals surface area contributed by atoms with Crippen LogP contribution in [-0.2, 0) is 10.0 Å². The Morgan fingerprint density at radius 2 is 2.23 bits per heavy atom. The number of carboxylic acid groups (broad SMARTS) is 1. The largest absolute Gasteiger partial charge is 0.465 e. The number of rotatable bonds is 2. The van der Waals surface area contributed by atoms with Crippen molar-refractivity contribution in [3.05, 3.63) is 11.5 Å². The van der Waals surface area contributed by atoms with Gasteiger partial charge >= 0.3 is 6.09 Å². The minimum Gasteiger partial charge on any atom is -0.465 e. The molecule has 0 spiro atoms. The van der Waals surface area contributed by atoms with Crippen molar-refractivity contribution in [1.29, 1.82) is 0 Å². The molecule has 0 saturated carbocycles. The quantitative estimate of drug-likeness (QED) is 0.638. The van der Waals surface area contributed by atoms with Gasteiger partial charge in [-0.3, -0.25) is 0 Å². The molecule has 1 aliphatic heterocycles. The number of primary sulfonamides is 1. The van der Waals surface area contributed by atoms with E-state index in [2.05, 4.69) is 0 Å². The van der Waals surface area contributed by atoms with E-state index < -0.39 is 16.1 Å². The number of hydrogen-bond acceptors (Lipinski definition) is 3. The molecule has 1 atom stereocenters. The number of nitrogens with zero attached hydrogens (tertiary/aromatic N) is 1. The normalized spacial score (nSPS) is 23.2. The summed E-state index contributed by atoms with van der Waals surface area (Å²) in [6.07, 6.45) is 0.876. The SMILES string of the molecule is NS(=O)(=O)C=CC1CCN1C(=O)O. The summed E-state index contributed by atoms with van der Waals surface area (Å²) in [5.41, 5.74) is 0. The lowest BCUT2D eigenvalue weighted by atomic mass is 10.1. The topological polar surface area (TPSA) is 101 Å². The van der Waals surface area contributed by atoms with E-state index in [9.17, 15) is 13.2 Å². The number of carbonyl (C=O) groups is 1. The van der Waals surface area contributed by atoms with Crippen molar-refractivity contribution in [3.8, 4) is 0 Å². The van der Waals surface area contributed by atoms with Crippen LogP contribution in [0.2, 0.25) is 0 Å². The van der Waals surface area contributed by atoms with Gasteiger partial charge in [0.2, 0.25) is 10.0 Å². The second kappa shape index (κ2) is 3.35. The van der Waals surface area contributed by atoms with Crippen LogP contribution in [0, 0.1) is 0 Å². The zero-order chi connectivity index (χ0) is 10.1. The number of amides is 1. The predicted octanol–water partition coefficient (Wildman–Crippen LogP) is -0.459. The molecule has 74 valence electrons. The van der Waals surface area contributed by atoms with Gasteiger partial charge in [0.05, 0.1) is 6.04 Å². The van der Waals surface area contributed by atoms with E-state index in [1.165, 1.54) is 6.08 Å². The Kier molecular flexibility index (Phi) is 2.58. The smallest absolute Gasteiger partial charge is 0.407 e. The molecule has 1 heterocycles. The highest BCUT2D eigenvalue weighted by molar-refractivity contribution is 7.92. The van der Waals surface area contributed by atoms with Crippen LogP contribution in [0.4, 0.5) is 4.79 Å². The molecule has 7 heteroatoms. The maximum atomic E-state index is 10.5. The summed E-state index contributed by atoms with van der Waals surface area (Å²) in [6, 6.07) is -0.351. The number of likely N-dealkylation sites (tertiary alicyclic amines) is 1. The molecule has 0 bridgehead atoms. The molecule has 0 aliphatic carbocycles. The zero-order valence-electron chi connectivity index (χ0n) is 6.75. The molecule has 0 radical (unpaired) electrons. The highest BCUT2D eigenvalue weighted by Crippen LogP contribution is 2.18. The summed E-state index contributed by atoms with van der Waals surface area (Å²) >= 11 is 0. The number of sulfonamides is 1. The lowest BCUT2D eigenvalue weighted by Crippen LogP contribution is -2.49. The second-order valence-corrected chi connectivity index (χ2v) is 4.20. The van der Waals surface area contributed by atoms with E-state index in [0.29, 0.717) is 13.0 Å². The van der Waals surface area contributed by atoms with Crippen LogP contribution in [0.15, 0.2) is 11.5 Å². The molecule has 6 nitrogen and oxygen atoms in total. The Morgan fingerprint density at radius 1 is 1.62 bits per heavy atom. The van der Waals surface area contributed by atoms with Crippen molar-refractivity contribution in [2.45, 2.75) is 12.5 Å². The lowest BCUT2D eigenvalue weighted by molar-refractivity contribution is 0.0942. The predicted molar refractivity (Wildman–Crippen MR) is 45.4 cm³/mol. The van der Waals surface area contributed by atoms with E-state index in [1.54, 1.807) is 0 Å². The highest BCUT2D eigenvalue weighted by atomic mass is 32.2. The Balaban J connectivity index is 2.57. The van der Waals surface area contributed by atoms with Crippen LogP contribution in [0.25, 0.3) is 0 Å². The van der Waals surface area contributed by atoms with E-state index in [1.807, 2.05) is 0 Å². The van der Waals surface area contributed by atoms with Gasteiger partial charge in [-0.15, -0.1) is 0 Å². The second-order valence-electron chi connectivity index (χ2n) is 2.75. The molecule has 1 rings (SSSR count). The van der Waals surface area contributed by atoms with Gasteiger partial charge in [0.25, 0.3) is 0 Å². The fourth-order valence-electron chi connectivity index (χ4n) is 1.05. The fraction of sp³-hybridized carbons (Fsp3) is 0.500. The third-order valence-electron chi connectivity index (χ3n) is 1.80. The van der Waals surface area contributed by atoms with Crippen molar-refractivity contribution in [1.82, 2.24) is 4.90 Å². The molecule has 13 heavy (non-hydrogen) atoms. The van der Waals surface area contributed by atoms with Gasteiger partial charge in [0.15, 0.2) is 0 Å². The van der Waals surface area contributed by atoms with Crippen LogP contribution in [-0.4, -0.2) is 37.1 Å². The van der Waals surface area contributed by atoms with Gasteiger partial charge in [-0.05, 0) is 12.5 Å². The Hall–Kier alpha value is -1.08. The molecule has 3 N–H and O–H groups in total. The lowest BCUT2D eigenvalue weighted by Gasteiger charge is -2.36. The third-order valence-corrected chi connectivity index (χ3v) is 2.34. The maximum Gasteiger partial charge on any atom is 0.407 e. The van der Waals surface area contributed by atoms with Gasteiger partial charge in [0.1, 0.15) is 0 Å². The van der Waals surface area contributed by atoms with Crippen LogP contribution in [0.3, 0.4) is 0 Å². The fourth-order valence-corrected chi connectivity index (χ4v) is 1.45. The summed E-state index contributed by atoms with van der Waals surface area (Å²) < 4.78 is 21.0. The average Bonchev–Trinajstić information content (AvgIpc) is 1.79. The molecule has 1 unspecified atom stereocenters. The van der Waals surface area contributed by atoms with Gasteiger partial charge in [-0.25, -0.2) is 18.4 Å². The summed E-state index contributed by atoms with van der Waals surface area (Å²) in [7, 11) is -3.64. The van der Waals surface area contributed by atoms with E-state index in [0.717, 1.165) is 10.3 Å². The first kappa shape index (κ1) is 10.0. The van der Waals surface area contributed by atoms with Crippen LogP contribution in [0.1, 0.15) is 6.42 Å². The number of hydrogen-bond donors (Lipinski definition) is 2. The highest BCUT2D eigenvalue weighted by Gasteiger charge is 2.29. The molecular formula is C6H10N2O4S. The monoisotopic (exact) mass is 206 g/mol. The molecule has 1 amide bonds. The van der Waals surface area contributed by atoms with Crippen LogP contribution in [0.5, 0.6) is 0 Å². The molecule has 0 aromatic rings. The molecular weight excluding hydrogens is 196 g/mol. The first-order chi connectivity index (χ1) is 5.90. The van der Waals surface area contributed by atoms with Gasteiger partial charge in [-0.1, -0.05) is 0 Å². The van der Waals surface area contributed by atoms with Crippen molar-refractivity contribution in [2.24, 2.45) is 5.14 Å². The van der Waals surface area contributed by atoms with Crippen LogP contribution < -0.4 is 5.14 Å². The zero-order valence-corrected chi connectivity index (χ0v) is 7.57. The third kappa shape index (κ3) is 2.71. The Morgan fingerprint density at radius 3 is 2.54 bits per heavy atom. The molecule has 1 saturated heterocycles. The minimum absolute atomic E-state index is 0.351. The first-order valence-corrected chi connectivity index (χ1v) is 5.21. The van der Waals surface area contributed by atoms with Crippen LogP contribution >= 0.6 is 0 Å². The van der Waals surface area contributed by atoms with Crippen molar-refractivity contribution < 1.29 is 18.3 Å². The maximum absolute atomic E-state index is 10.5. The standard InChI is InChI=1S/C6H10N2O4S/c7-13(11,12)4-2-5-1-3-8(5)6(9)10/h2,4-5H,1,3H2,(H,9,10)(H2,7,11,12). The molecule has 0 aromatic carbocycles. The van der Waals surface area contributed by atoms with E-state index in [4.69, 9.17) is 10.2 Å². The molecule has 0 aromatic heterocycles. The summed E-state index contributed by atoms with van der Waals surface area (Å²) in [5.74, 6) is 0. The van der Waals surface area contributed by atoms with Gasteiger partial charge in [0, 0.05) is 12.0 Å².